The second-order valence-corrected chi connectivity index (χ2v) is 6.57. The van der Waals surface area contributed by atoms with E-state index < -0.39 is 0 Å². The van der Waals surface area contributed by atoms with E-state index in [4.69, 9.17) is 9.47 Å². The van der Waals surface area contributed by atoms with Gasteiger partial charge in [-0.3, -0.25) is 0 Å². The second kappa shape index (κ2) is 8.74. The summed E-state index contributed by atoms with van der Waals surface area (Å²) in [4.78, 5) is 15.9. The molecule has 0 bridgehead atoms. The lowest BCUT2D eigenvalue weighted by molar-refractivity contribution is 0.356. The predicted octanol–water partition coefficient (Wildman–Crippen LogP) is 2.71. The van der Waals surface area contributed by atoms with Crippen molar-refractivity contribution in [2.75, 3.05) is 50.6 Å². The van der Waals surface area contributed by atoms with Crippen molar-refractivity contribution in [3.8, 4) is 22.8 Å². The maximum absolute atomic E-state index is 5.46. The summed E-state index contributed by atoms with van der Waals surface area (Å²) in [6, 6.07) is 11.6. The van der Waals surface area contributed by atoms with Gasteiger partial charge in [0.15, 0.2) is 11.5 Å². The van der Waals surface area contributed by atoms with Crippen LogP contribution in [0, 0.1) is 0 Å². The van der Waals surface area contributed by atoms with Gasteiger partial charge in [0.25, 0.3) is 0 Å². The lowest BCUT2D eigenvalue weighted by Crippen LogP contribution is -2.43. The third-order valence-electron chi connectivity index (χ3n) is 4.79. The Morgan fingerprint density at radius 1 is 1.00 bits per heavy atom. The molecule has 0 amide bonds. The number of nitrogens with zero attached hydrogens (tertiary/aromatic N) is 4. The Hall–Kier alpha value is -3.39. The van der Waals surface area contributed by atoms with Crippen molar-refractivity contribution < 1.29 is 9.47 Å². The molecule has 1 aliphatic rings. The van der Waals surface area contributed by atoms with E-state index in [2.05, 4.69) is 30.5 Å². The fourth-order valence-corrected chi connectivity index (χ4v) is 3.30. The standard InChI is InChI=1S/C21H24N6O2/c1-28-18-5-3-4-17(20(18)29-2)26-21-23-9-8-16(25-21)15-6-7-19(24-14-15)27-12-10-22-11-13-27/h3-9,14,22H,10-13H2,1-2H3,(H,23,25,26). The van der Waals surface area contributed by atoms with Crippen molar-refractivity contribution in [2.24, 2.45) is 0 Å². The van der Waals surface area contributed by atoms with Crippen LogP contribution in [0.15, 0.2) is 48.8 Å². The molecule has 4 rings (SSSR count). The van der Waals surface area contributed by atoms with Crippen molar-refractivity contribution in [3.05, 3.63) is 48.8 Å². The number of anilines is 3. The van der Waals surface area contributed by atoms with Gasteiger partial charge in [0.05, 0.1) is 25.6 Å². The molecule has 8 nitrogen and oxygen atoms in total. The predicted molar refractivity (Wildman–Crippen MR) is 113 cm³/mol. The number of ether oxygens (including phenoxy) is 2. The maximum atomic E-state index is 5.46. The van der Waals surface area contributed by atoms with E-state index in [1.54, 1.807) is 20.4 Å². The van der Waals surface area contributed by atoms with Gasteiger partial charge in [-0.1, -0.05) is 6.07 Å². The van der Waals surface area contributed by atoms with Crippen molar-refractivity contribution in [3.63, 3.8) is 0 Å². The Morgan fingerprint density at radius 2 is 1.86 bits per heavy atom. The van der Waals surface area contributed by atoms with Gasteiger partial charge in [-0.05, 0) is 30.3 Å². The monoisotopic (exact) mass is 392 g/mol. The molecular formula is C21H24N6O2. The van der Waals surface area contributed by atoms with Crippen LogP contribution in [0.5, 0.6) is 11.5 Å². The molecule has 0 spiro atoms. The number of hydrogen-bond acceptors (Lipinski definition) is 8. The van der Waals surface area contributed by atoms with E-state index >= 15 is 0 Å². The van der Waals surface area contributed by atoms with Crippen LogP contribution in [0.1, 0.15) is 0 Å². The summed E-state index contributed by atoms with van der Waals surface area (Å²) in [6.45, 7) is 3.91. The molecule has 1 aliphatic heterocycles. The van der Waals surface area contributed by atoms with E-state index in [1.807, 2.05) is 42.6 Å². The summed E-state index contributed by atoms with van der Waals surface area (Å²) in [6.07, 6.45) is 3.58. The first-order chi connectivity index (χ1) is 14.3. The van der Waals surface area contributed by atoms with Gasteiger partial charge in [-0.15, -0.1) is 0 Å². The summed E-state index contributed by atoms with van der Waals surface area (Å²) in [7, 11) is 3.21. The van der Waals surface area contributed by atoms with E-state index in [1.165, 1.54) is 0 Å². The van der Waals surface area contributed by atoms with Gasteiger partial charge in [-0.2, -0.15) is 0 Å². The molecule has 3 aromatic rings. The Kier molecular flexibility index (Phi) is 5.71. The van der Waals surface area contributed by atoms with Gasteiger partial charge in [0.1, 0.15) is 5.82 Å². The van der Waals surface area contributed by atoms with Crippen molar-refractivity contribution in [1.29, 1.82) is 0 Å². The van der Waals surface area contributed by atoms with Crippen LogP contribution in [0.4, 0.5) is 17.5 Å². The molecule has 8 heteroatoms. The number of aromatic nitrogens is 3. The quantitative estimate of drug-likeness (QED) is 0.662. The second-order valence-electron chi connectivity index (χ2n) is 6.57. The van der Waals surface area contributed by atoms with Gasteiger partial charge < -0.3 is 25.0 Å². The Labute approximate surface area is 169 Å². The number of pyridine rings is 1. The van der Waals surface area contributed by atoms with Crippen LogP contribution in [-0.2, 0) is 0 Å². The van der Waals surface area contributed by atoms with Gasteiger partial charge in [0.2, 0.25) is 5.95 Å². The Bertz CT molecular complexity index is 958. The van der Waals surface area contributed by atoms with Crippen LogP contribution < -0.4 is 25.0 Å². The van der Waals surface area contributed by atoms with Gasteiger partial charge >= 0.3 is 0 Å². The summed E-state index contributed by atoms with van der Waals surface area (Å²) in [5.41, 5.74) is 2.46. The fourth-order valence-electron chi connectivity index (χ4n) is 3.30. The highest BCUT2D eigenvalue weighted by Crippen LogP contribution is 2.36. The van der Waals surface area contributed by atoms with E-state index in [9.17, 15) is 0 Å². The highest BCUT2D eigenvalue weighted by molar-refractivity contribution is 5.69. The zero-order chi connectivity index (χ0) is 20.1. The van der Waals surface area contributed by atoms with Crippen LogP contribution in [0.3, 0.4) is 0 Å². The zero-order valence-corrected chi connectivity index (χ0v) is 16.6. The average Bonchev–Trinajstić information content (AvgIpc) is 2.80. The number of para-hydroxylation sites is 1. The largest absolute Gasteiger partial charge is 0.493 e. The third kappa shape index (κ3) is 4.22. The third-order valence-corrected chi connectivity index (χ3v) is 4.79. The number of benzene rings is 1. The molecule has 3 heterocycles. The van der Waals surface area contributed by atoms with Gasteiger partial charge in [-0.25, -0.2) is 15.0 Å². The molecule has 2 N–H and O–H groups in total. The van der Waals surface area contributed by atoms with E-state index in [-0.39, 0.29) is 0 Å². The highest BCUT2D eigenvalue weighted by Gasteiger charge is 2.13. The average molecular weight is 392 g/mol. The van der Waals surface area contributed by atoms with Gasteiger partial charge in [0, 0.05) is 44.1 Å². The van der Waals surface area contributed by atoms with Crippen LogP contribution >= 0.6 is 0 Å². The summed E-state index contributed by atoms with van der Waals surface area (Å²) < 4.78 is 10.8. The van der Waals surface area contributed by atoms with Crippen LogP contribution in [0.2, 0.25) is 0 Å². The minimum absolute atomic E-state index is 0.472. The number of rotatable bonds is 6. The molecule has 0 atom stereocenters. The molecule has 1 aromatic carbocycles. The van der Waals surface area contributed by atoms with Crippen molar-refractivity contribution >= 4 is 17.5 Å². The molecule has 0 radical (unpaired) electrons. The maximum Gasteiger partial charge on any atom is 0.227 e. The molecule has 0 aliphatic carbocycles. The normalized spacial score (nSPS) is 13.8. The molecular weight excluding hydrogens is 368 g/mol. The zero-order valence-electron chi connectivity index (χ0n) is 16.6. The van der Waals surface area contributed by atoms with E-state index in [0.29, 0.717) is 17.4 Å². The number of piperazine rings is 1. The number of nitrogens with one attached hydrogen (secondary N) is 2. The lowest BCUT2D eigenvalue weighted by atomic mass is 10.2. The van der Waals surface area contributed by atoms with Crippen molar-refractivity contribution in [1.82, 2.24) is 20.3 Å². The van der Waals surface area contributed by atoms with Crippen molar-refractivity contribution in [2.45, 2.75) is 0 Å². The number of hydrogen-bond donors (Lipinski definition) is 2. The lowest BCUT2D eigenvalue weighted by Gasteiger charge is -2.28. The van der Waals surface area contributed by atoms with Crippen LogP contribution in [0.25, 0.3) is 11.3 Å². The minimum atomic E-state index is 0.472. The smallest absolute Gasteiger partial charge is 0.227 e. The molecule has 1 saturated heterocycles. The molecule has 150 valence electrons. The Balaban J connectivity index is 1.55. The minimum Gasteiger partial charge on any atom is -0.493 e. The molecule has 1 fully saturated rings. The molecule has 2 aromatic heterocycles. The molecule has 29 heavy (non-hydrogen) atoms. The van der Waals surface area contributed by atoms with Crippen LogP contribution in [-0.4, -0.2) is 55.4 Å². The molecule has 0 saturated carbocycles. The van der Waals surface area contributed by atoms with E-state index in [0.717, 1.165) is 48.9 Å². The summed E-state index contributed by atoms with van der Waals surface area (Å²) >= 11 is 0. The number of methoxy groups -OCH3 is 2. The first-order valence-corrected chi connectivity index (χ1v) is 9.51. The highest BCUT2D eigenvalue weighted by atomic mass is 16.5. The topological polar surface area (TPSA) is 84.4 Å². The SMILES string of the molecule is COc1cccc(Nc2nccc(-c3ccc(N4CCNCC4)nc3)n2)c1OC. The first-order valence-electron chi connectivity index (χ1n) is 9.51. The Morgan fingerprint density at radius 3 is 2.59 bits per heavy atom. The fraction of sp³-hybridized carbons (Fsp3) is 0.286. The summed E-state index contributed by atoms with van der Waals surface area (Å²) in [5.74, 6) is 2.71. The molecule has 0 unspecified atom stereocenters. The first kappa shape index (κ1) is 18.9. The summed E-state index contributed by atoms with van der Waals surface area (Å²) in [5, 5.41) is 6.56.